The molecule has 0 spiro atoms. The number of halogens is 1. The van der Waals surface area contributed by atoms with Crippen LogP contribution in [0.4, 0.5) is 5.13 Å². The Labute approximate surface area is 148 Å². The van der Waals surface area contributed by atoms with Crippen molar-refractivity contribution in [1.82, 2.24) is 10.2 Å². The molecule has 1 aromatic carbocycles. The van der Waals surface area contributed by atoms with Crippen LogP contribution in [0.5, 0.6) is 5.75 Å². The van der Waals surface area contributed by atoms with Gasteiger partial charge in [0, 0.05) is 4.47 Å². The molecular weight excluding hydrogens is 378 g/mol. The standard InChI is InChI=1S/C16H20BrN3O2S/c1-5-15-19-20-16(23-15)18-14(21)8-22-13-6-10(4)12(17)7-11(13)9(2)3/h6-7,9H,5,8H2,1-4H3,(H,18,20,21). The molecule has 1 heterocycles. The van der Waals surface area contributed by atoms with Gasteiger partial charge in [-0.3, -0.25) is 10.1 Å². The molecule has 0 atom stereocenters. The van der Waals surface area contributed by atoms with Gasteiger partial charge in [0.05, 0.1) is 0 Å². The van der Waals surface area contributed by atoms with Gasteiger partial charge in [0.25, 0.3) is 5.91 Å². The van der Waals surface area contributed by atoms with Crippen molar-refractivity contribution < 1.29 is 9.53 Å². The Morgan fingerprint density at radius 1 is 1.39 bits per heavy atom. The van der Waals surface area contributed by atoms with Crippen molar-refractivity contribution in [2.24, 2.45) is 0 Å². The van der Waals surface area contributed by atoms with Crippen molar-refractivity contribution in [2.75, 3.05) is 11.9 Å². The molecule has 5 nitrogen and oxygen atoms in total. The predicted molar refractivity (Wildman–Crippen MR) is 96.4 cm³/mol. The Hall–Kier alpha value is -1.47. The Kier molecular flexibility index (Phi) is 6.12. The number of carbonyl (C=O) groups excluding carboxylic acids is 1. The van der Waals surface area contributed by atoms with Crippen LogP contribution in [0.2, 0.25) is 0 Å². The maximum Gasteiger partial charge on any atom is 0.264 e. The molecule has 0 radical (unpaired) electrons. The highest BCUT2D eigenvalue weighted by Crippen LogP contribution is 2.32. The largest absolute Gasteiger partial charge is 0.483 e. The van der Waals surface area contributed by atoms with Crippen LogP contribution in [-0.2, 0) is 11.2 Å². The van der Waals surface area contributed by atoms with E-state index < -0.39 is 0 Å². The van der Waals surface area contributed by atoms with Gasteiger partial charge in [-0.1, -0.05) is 48.0 Å². The minimum Gasteiger partial charge on any atom is -0.483 e. The van der Waals surface area contributed by atoms with E-state index in [9.17, 15) is 4.79 Å². The summed E-state index contributed by atoms with van der Waals surface area (Å²) in [5, 5.41) is 12.0. The first-order valence-electron chi connectivity index (χ1n) is 7.45. The quantitative estimate of drug-likeness (QED) is 0.788. The highest BCUT2D eigenvalue weighted by atomic mass is 79.9. The summed E-state index contributed by atoms with van der Waals surface area (Å²) in [5.74, 6) is 0.807. The highest BCUT2D eigenvalue weighted by Gasteiger charge is 2.13. The first-order chi connectivity index (χ1) is 10.9. The molecule has 0 aliphatic carbocycles. The zero-order valence-corrected chi connectivity index (χ0v) is 16.0. The lowest BCUT2D eigenvalue weighted by Gasteiger charge is -2.15. The number of aromatic nitrogens is 2. The van der Waals surface area contributed by atoms with Crippen molar-refractivity contribution in [3.63, 3.8) is 0 Å². The number of hydrogen-bond donors (Lipinski definition) is 1. The van der Waals surface area contributed by atoms with E-state index in [-0.39, 0.29) is 12.5 Å². The molecule has 0 aliphatic rings. The molecule has 124 valence electrons. The van der Waals surface area contributed by atoms with E-state index in [1.807, 2.05) is 26.0 Å². The molecule has 2 rings (SSSR count). The number of amides is 1. The minimum atomic E-state index is -0.237. The Bertz CT molecular complexity index is 701. The summed E-state index contributed by atoms with van der Waals surface area (Å²) in [6.07, 6.45) is 0.806. The fraction of sp³-hybridized carbons (Fsp3) is 0.438. The molecule has 7 heteroatoms. The molecule has 0 saturated carbocycles. The topological polar surface area (TPSA) is 64.1 Å². The first-order valence-corrected chi connectivity index (χ1v) is 9.06. The second-order valence-corrected chi connectivity index (χ2v) is 7.40. The smallest absolute Gasteiger partial charge is 0.264 e. The van der Waals surface area contributed by atoms with Crippen molar-refractivity contribution in [1.29, 1.82) is 0 Å². The summed E-state index contributed by atoms with van der Waals surface area (Å²) in [6.45, 7) is 8.13. The van der Waals surface area contributed by atoms with Crippen molar-refractivity contribution in [3.05, 3.63) is 32.7 Å². The molecule has 0 aliphatic heterocycles. The number of nitrogens with one attached hydrogen (secondary N) is 1. The molecule has 0 unspecified atom stereocenters. The van der Waals surface area contributed by atoms with E-state index in [4.69, 9.17) is 4.74 Å². The molecule has 0 saturated heterocycles. The maximum atomic E-state index is 12.0. The summed E-state index contributed by atoms with van der Waals surface area (Å²) in [7, 11) is 0. The van der Waals surface area contributed by atoms with Gasteiger partial charge in [0.1, 0.15) is 10.8 Å². The zero-order valence-electron chi connectivity index (χ0n) is 13.6. The fourth-order valence-electron chi connectivity index (χ4n) is 1.99. The molecular formula is C16H20BrN3O2S. The highest BCUT2D eigenvalue weighted by molar-refractivity contribution is 9.10. The third kappa shape index (κ3) is 4.75. The Balaban J connectivity index is 2.02. The predicted octanol–water partition coefficient (Wildman–Crippen LogP) is 4.31. The number of rotatable bonds is 6. The van der Waals surface area contributed by atoms with Crippen LogP contribution in [0.25, 0.3) is 0 Å². The average Bonchev–Trinajstić information content (AvgIpc) is 2.95. The van der Waals surface area contributed by atoms with Crippen LogP contribution in [0, 0.1) is 6.92 Å². The maximum absolute atomic E-state index is 12.0. The van der Waals surface area contributed by atoms with Gasteiger partial charge >= 0.3 is 0 Å². The Morgan fingerprint density at radius 2 is 2.13 bits per heavy atom. The third-order valence-electron chi connectivity index (χ3n) is 3.29. The summed E-state index contributed by atoms with van der Waals surface area (Å²) in [4.78, 5) is 12.0. The van der Waals surface area contributed by atoms with E-state index in [0.717, 1.165) is 32.8 Å². The molecule has 1 amide bonds. The van der Waals surface area contributed by atoms with Crippen LogP contribution in [0.1, 0.15) is 42.8 Å². The number of hydrogen-bond acceptors (Lipinski definition) is 5. The molecule has 1 N–H and O–H groups in total. The minimum absolute atomic E-state index is 0.0537. The monoisotopic (exact) mass is 397 g/mol. The number of aryl methyl sites for hydroxylation is 2. The van der Waals surface area contributed by atoms with Gasteiger partial charge < -0.3 is 4.74 Å². The van der Waals surface area contributed by atoms with Crippen LogP contribution < -0.4 is 10.1 Å². The van der Waals surface area contributed by atoms with E-state index >= 15 is 0 Å². The second-order valence-electron chi connectivity index (χ2n) is 5.49. The van der Waals surface area contributed by atoms with Crippen LogP contribution in [-0.4, -0.2) is 22.7 Å². The van der Waals surface area contributed by atoms with E-state index in [1.54, 1.807) is 0 Å². The number of nitrogens with zero attached hydrogens (tertiary/aromatic N) is 2. The zero-order chi connectivity index (χ0) is 17.0. The van der Waals surface area contributed by atoms with Gasteiger partial charge in [0.15, 0.2) is 6.61 Å². The molecule has 0 fully saturated rings. The van der Waals surface area contributed by atoms with Crippen molar-refractivity contribution in [3.8, 4) is 5.75 Å². The van der Waals surface area contributed by atoms with Gasteiger partial charge in [-0.2, -0.15) is 0 Å². The summed E-state index contributed by atoms with van der Waals surface area (Å²) >= 11 is 4.91. The van der Waals surface area contributed by atoms with Gasteiger partial charge in [-0.25, -0.2) is 0 Å². The molecule has 23 heavy (non-hydrogen) atoms. The lowest BCUT2D eigenvalue weighted by Crippen LogP contribution is -2.20. The fourth-order valence-corrected chi connectivity index (χ4v) is 3.05. The number of carbonyl (C=O) groups is 1. The van der Waals surface area contributed by atoms with Gasteiger partial charge in [0.2, 0.25) is 5.13 Å². The first kappa shape index (κ1) is 17.9. The molecule has 2 aromatic rings. The third-order valence-corrected chi connectivity index (χ3v) is 5.12. The van der Waals surface area contributed by atoms with E-state index in [2.05, 4.69) is 45.3 Å². The van der Waals surface area contributed by atoms with E-state index in [0.29, 0.717) is 11.0 Å². The van der Waals surface area contributed by atoms with Crippen LogP contribution >= 0.6 is 27.3 Å². The molecule has 1 aromatic heterocycles. The Morgan fingerprint density at radius 3 is 2.74 bits per heavy atom. The number of ether oxygens (including phenoxy) is 1. The SMILES string of the molecule is CCc1nnc(NC(=O)COc2cc(C)c(Br)cc2C(C)C)s1. The van der Waals surface area contributed by atoms with Gasteiger partial charge in [-0.15, -0.1) is 10.2 Å². The van der Waals surface area contributed by atoms with E-state index in [1.165, 1.54) is 11.3 Å². The molecule has 0 bridgehead atoms. The summed E-state index contributed by atoms with van der Waals surface area (Å²) in [6, 6.07) is 4.00. The lowest BCUT2D eigenvalue weighted by molar-refractivity contribution is -0.118. The second kappa shape index (κ2) is 7.88. The number of anilines is 1. The normalized spacial score (nSPS) is 10.9. The van der Waals surface area contributed by atoms with Gasteiger partial charge in [-0.05, 0) is 42.5 Å². The summed E-state index contributed by atoms with van der Waals surface area (Å²) < 4.78 is 6.77. The van der Waals surface area contributed by atoms with Crippen LogP contribution in [0.15, 0.2) is 16.6 Å². The van der Waals surface area contributed by atoms with Crippen molar-refractivity contribution >= 4 is 38.3 Å². The van der Waals surface area contributed by atoms with Crippen molar-refractivity contribution in [2.45, 2.75) is 40.0 Å². The summed E-state index contributed by atoms with van der Waals surface area (Å²) in [5.41, 5.74) is 2.14. The van der Waals surface area contributed by atoms with Crippen LogP contribution in [0.3, 0.4) is 0 Å². The lowest BCUT2D eigenvalue weighted by atomic mass is 10.0. The number of benzene rings is 1. The average molecular weight is 398 g/mol.